The van der Waals surface area contributed by atoms with Crippen molar-refractivity contribution < 1.29 is 9.53 Å². The largest absolute Gasteiger partial charge is 0.369 e. The van der Waals surface area contributed by atoms with E-state index in [0.717, 1.165) is 19.1 Å². The highest BCUT2D eigenvalue weighted by Crippen LogP contribution is 2.21. The van der Waals surface area contributed by atoms with Crippen LogP contribution in [-0.4, -0.2) is 23.9 Å². The van der Waals surface area contributed by atoms with Crippen molar-refractivity contribution in [2.45, 2.75) is 43.8 Å². The Morgan fingerprint density at radius 2 is 2.20 bits per heavy atom. The zero-order valence-corrected chi connectivity index (χ0v) is 9.69. The molecule has 0 aromatic rings. The van der Waals surface area contributed by atoms with Crippen LogP contribution in [0.4, 0.5) is 0 Å². The Labute approximate surface area is 95.9 Å². The zero-order chi connectivity index (χ0) is 11.1. The van der Waals surface area contributed by atoms with E-state index in [1.807, 2.05) is 19.1 Å². The molecule has 0 spiro atoms. The van der Waals surface area contributed by atoms with E-state index in [9.17, 15) is 4.79 Å². The first-order chi connectivity index (χ1) is 7.27. The summed E-state index contributed by atoms with van der Waals surface area (Å²) < 4.78 is 5.78. The second kappa shape index (κ2) is 6.81. The standard InChI is InChI=1S/C12H17ClO2/c1-2-5-10-6-3-4-7-11(13)12(15-10)8-9-14/h2-5,9-12H,6-8H2,1H3/b4-3?,5-2+/t10-,11+,12+/m1/s1. The van der Waals surface area contributed by atoms with Crippen LogP contribution >= 0.6 is 11.6 Å². The third-order valence-electron chi connectivity index (χ3n) is 2.38. The third-order valence-corrected chi connectivity index (χ3v) is 2.84. The molecule has 1 aliphatic rings. The van der Waals surface area contributed by atoms with Gasteiger partial charge in [0.1, 0.15) is 6.29 Å². The normalized spacial score (nSPS) is 32.5. The summed E-state index contributed by atoms with van der Waals surface area (Å²) in [5, 5.41) is -0.112. The summed E-state index contributed by atoms with van der Waals surface area (Å²) in [7, 11) is 0. The molecule has 0 unspecified atom stereocenters. The molecule has 0 aromatic carbocycles. The van der Waals surface area contributed by atoms with Crippen molar-refractivity contribution in [2.75, 3.05) is 0 Å². The molecule has 0 aliphatic carbocycles. The first-order valence-electron chi connectivity index (χ1n) is 5.29. The molecular weight excluding hydrogens is 212 g/mol. The summed E-state index contributed by atoms with van der Waals surface area (Å²) in [4.78, 5) is 10.5. The van der Waals surface area contributed by atoms with Gasteiger partial charge >= 0.3 is 0 Å². The molecule has 0 bridgehead atoms. The van der Waals surface area contributed by atoms with Gasteiger partial charge in [-0.1, -0.05) is 24.3 Å². The Hall–Kier alpha value is -0.600. The van der Waals surface area contributed by atoms with E-state index in [4.69, 9.17) is 16.3 Å². The zero-order valence-electron chi connectivity index (χ0n) is 8.93. The van der Waals surface area contributed by atoms with Gasteiger partial charge in [-0.2, -0.15) is 0 Å². The van der Waals surface area contributed by atoms with Crippen molar-refractivity contribution >= 4 is 17.9 Å². The molecule has 0 saturated carbocycles. The average molecular weight is 229 g/mol. The van der Waals surface area contributed by atoms with Crippen LogP contribution in [0, 0.1) is 0 Å². The molecule has 0 radical (unpaired) electrons. The minimum absolute atomic E-state index is 0.0396. The van der Waals surface area contributed by atoms with Gasteiger partial charge in [0.25, 0.3) is 0 Å². The first-order valence-corrected chi connectivity index (χ1v) is 5.72. The second-order valence-corrected chi connectivity index (χ2v) is 4.16. The van der Waals surface area contributed by atoms with Crippen molar-refractivity contribution in [1.29, 1.82) is 0 Å². The summed E-state index contributed by atoms with van der Waals surface area (Å²) in [5.74, 6) is 0. The maximum absolute atomic E-state index is 10.5. The van der Waals surface area contributed by atoms with Gasteiger partial charge in [0.2, 0.25) is 0 Å². The predicted molar refractivity (Wildman–Crippen MR) is 62.2 cm³/mol. The molecule has 3 atom stereocenters. The lowest BCUT2D eigenvalue weighted by atomic mass is 10.1. The topological polar surface area (TPSA) is 26.3 Å². The van der Waals surface area contributed by atoms with Gasteiger partial charge in [0.15, 0.2) is 0 Å². The number of hydrogen-bond acceptors (Lipinski definition) is 2. The van der Waals surface area contributed by atoms with E-state index in [2.05, 4.69) is 12.2 Å². The lowest BCUT2D eigenvalue weighted by Crippen LogP contribution is -2.30. The Morgan fingerprint density at radius 3 is 2.87 bits per heavy atom. The summed E-state index contributed by atoms with van der Waals surface area (Å²) in [6, 6.07) is 0. The molecule has 0 amide bonds. The Bertz CT molecular complexity index is 248. The molecule has 15 heavy (non-hydrogen) atoms. The molecule has 2 nitrogen and oxygen atoms in total. The number of allylic oxidation sites excluding steroid dienone is 2. The summed E-state index contributed by atoms with van der Waals surface area (Å²) in [6.45, 7) is 1.96. The van der Waals surface area contributed by atoms with Crippen LogP contribution in [0.1, 0.15) is 26.2 Å². The van der Waals surface area contributed by atoms with E-state index in [0.29, 0.717) is 6.42 Å². The van der Waals surface area contributed by atoms with Gasteiger partial charge in [-0.15, -0.1) is 11.6 Å². The third kappa shape index (κ3) is 4.18. The van der Waals surface area contributed by atoms with Crippen LogP contribution in [0.2, 0.25) is 0 Å². The number of rotatable bonds is 3. The molecule has 0 fully saturated rings. The fourth-order valence-corrected chi connectivity index (χ4v) is 1.88. The van der Waals surface area contributed by atoms with Crippen LogP contribution in [0.25, 0.3) is 0 Å². The molecule has 84 valence electrons. The fraction of sp³-hybridized carbons (Fsp3) is 0.583. The van der Waals surface area contributed by atoms with Crippen LogP contribution in [0.3, 0.4) is 0 Å². The Balaban J connectivity index is 2.66. The summed E-state index contributed by atoms with van der Waals surface area (Å²) in [6.07, 6.45) is 10.8. The van der Waals surface area contributed by atoms with E-state index in [1.165, 1.54) is 0 Å². The van der Waals surface area contributed by atoms with Crippen molar-refractivity contribution in [3.05, 3.63) is 24.3 Å². The smallest absolute Gasteiger partial charge is 0.122 e. The van der Waals surface area contributed by atoms with Gasteiger partial charge in [-0.3, -0.25) is 0 Å². The molecule has 0 saturated heterocycles. The maximum Gasteiger partial charge on any atom is 0.122 e. The van der Waals surface area contributed by atoms with Crippen molar-refractivity contribution in [1.82, 2.24) is 0 Å². The molecule has 0 aromatic heterocycles. The predicted octanol–water partition coefficient (Wildman–Crippen LogP) is 2.86. The van der Waals surface area contributed by atoms with E-state index >= 15 is 0 Å². The van der Waals surface area contributed by atoms with Crippen LogP contribution in [-0.2, 0) is 9.53 Å². The van der Waals surface area contributed by atoms with Gasteiger partial charge in [-0.25, -0.2) is 0 Å². The number of aldehydes is 1. The van der Waals surface area contributed by atoms with Crippen LogP contribution in [0.15, 0.2) is 24.3 Å². The summed E-state index contributed by atoms with van der Waals surface area (Å²) >= 11 is 6.14. The van der Waals surface area contributed by atoms with Crippen molar-refractivity contribution in [2.24, 2.45) is 0 Å². The monoisotopic (exact) mass is 228 g/mol. The SMILES string of the molecule is C/C=C/[C@@H]1CC=CC[C@H](Cl)[C@H](CC=O)O1. The Morgan fingerprint density at radius 1 is 1.47 bits per heavy atom. The van der Waals surface area contributed by atoms with Crippen LogP contribution in [0.5, 0.6) is 0 Å². The lowest BCUT2D eigenvalue weighted by Gasteiger charge is -2.26. The van der Waals surface area contributed by atoms with Gasteiger partial charge in [0, 0.05) is 6.42 Å². The van der Waals surface area contributed by atoms with Crippen LogP contribution < -0.4 is 0 Å². The fourth-order valence-electron chi connectivity index (χ4n) is 1.61. The molecule has 1 heterocycles. The molecule has 1 rings (SSSR count). The van der Waals surface area contributed by atoms with Gasteiger partial charge in [-0.05, 0) is 19.8 Å². The van der Waals surface area contributed by atoms with E-state index in [-0.39, 0.29) is 17.6 Å². The van der Waals surface area contributed by atoms with Crippen molar-refractivity contribution in [3.8, 4) is 0 Å². The minimum Gasteiger partial charge on any atom is -0.369 e. The first kappa shape index (κ1) is 12.5. The highest BCUT2D eigenvalue weighted by molar-refractivity contribution is 6.21. The summed E-state index contributed by atoms with van der Waals surface area (Å²) in [5.41, 5.74) is 0. The molecule has 1 aliphatic heterocycles. The highest BCUT2D eigenvalue weighted by Gasteiger charge is 2.22. The quantitative estimate of drug-likeness (QED) is 0.422. The number of carbonyl (C=O) groups is 1. The van der Waals surface area contributed by atoms with Gasteiger partial charge < -0.3 is 9.53 Å². The number of halogens is 1. The number of hydrogen-bond donors (Lipinski definition) is 0. The maximum atomic E-state index is 10.5. The van der Waals surface area contributed by atoms with E-state index < -0.39 is 0 Å². The second-order valence-electron chi connectivity index (χ2n) is 3.60. The number of carbonyl (C=O) groups excluding carboxylic acids is 1. The van der Waals surface area contributed by atoms with Gasteiger partial charge in [0.05, 0.1) is 17.6 Å². The molecule has 3 heteroatoms. The number of alkyl halides is 1. The molecular formula is C12H17ClO2. The number of ether oxygens (including phenoxy) is 1. The Kier molecular flexibility index (Phi) is 5.66. The van der Waals surface area contributed by atoms with Crippen molar-refractivity contribution in [3.63, 3.8) is 0 Å². The van der Waals surface area contributed by atoms with E-state index in [1.54, 1.807) is 0 Å². The average Bonchev–Trinajstić information content (AvgIpc) is 2.21. The lowest BCUT2D eigenvalue weighted by molar-refractivity contribution is -0.111. The molecule has 0 N–H and O–H groups in total. The minimum atomic E-state index is -0.171. The highest BCUT2D eigenvalue weighted by atomic mass is 35.5.